The fourth-order valence-corrected chi connectivity index (χ4v) is 0.861. The summed E-state index contributed by atoms with van der Waals surface area (Å²) in [5, 5.41) is 8.43. The number of hydrogen-bond donors (Lipinski definition) is 1. The lowest BCUT2D eigenvalue weighted by atomic mass is 10.2. The van der Waals surface area contributed by atoms with Gasteiger partial charge in [0.2, 0.25) is 0 Å². The minimum Gasteiger partial charge on any atom is -0.478 e. The topological polar surface area (TPSA) is 50.4 Å². The Morgan fingerprint density at radius 3 is 2.58 bits per heavy atom. The van der Waals surface area contributed by atoms with E-state index in [9.17, 15) is 13.6 Å². The first-order valence-corrected chi connectivity index (χ1v) is 3.14. The third-order valence-corrected chi connectivity index (χ3v) is 1.31. The molecule has 0 radical (unpaired) electrons. The maximum absolute atomic E-state index is 12.0. The highest BCUT2D eigenvalue weighted by molar-refractivity contribution is 5.89. The summed E-state index contributed by atoms with van der Waals surface area (Å²) in [6.45, 7) is 1.42. The Balaban J connectivity index is 3.17. The van der Waals surface area contributed by atoms with Gasteiger partial charge in [0, 0.05) is 0 Å². The van der Waals surface area contributed by atoms with Crippen LogP contribution in [-0.2, 0) is 0 Å². The molecule has 0 amide bonds. The fraction of sp³-hybridized carbons (Fsp3) is 0.286. The fourth-order valence-electron chi connectivity index (χ4n) is 0.861. The van der Waals surface area contributed by atoms with Crippen molar-refractivity contribution in [3.05, 3.63) is 23.2 Å². The first-order chi connectivity index (χ1) is 5.52. The Bertz CT molecular complexity index is 304. The van der Waals surface area contributed by atoms with E-state index in [1.165, 1.54) is 6.92 Å². The molecule has 0 unspecified atom stereocenters. The maximum atomic E-state index is 12.0. The summed E-state index contributed by atoms with van der Waals surface area (Å²) >= 11 is 0. The number of carboxylic acids is 1. The van der Waals surface area contributed by atoms with Crippen molar-refractivity contribution in [1.29, 1.82) is 0 Å². The molecule has 5 heteroatoms. The summed E-state index contributed by atoms with van der Waals surface area (Å²) in [6, 6.07) is 1.07. The van der Waals surface area contributed by atoms with Crippen molar-refractivity contribution in [1.82, 2.24) is 0 Å². The SMILES string of the molecule is Cc1cc(C(=O)O)c(C(F)F)o1. The molecule has 0 aromatic carbocycles. The lowest BCUT2D eigenvalue weighted by Crippen LogP contribution is -1.98. The van der Waals surface area contributed by atoms with Gasteiger partial charge < -0.3 is 9.52 Å². The van der Waals surface area contributed by atoms with Crippen LogP contribution in [0.2, 0.25) is 0 Å². The lowest BCUT2D eigenvalue weighted by molar-refractivity contribution is 0.0673. The van der Waals surface area contributed by atoms with E-state index < -0.39 is 23.7 Å². The predicted octanol–water partition coefficient (Wildman–Crippen LogP) is 2.22. The molecule has 0 saturated heterocycles. The zero-order chi connectivity index (χ0) is 9.30. The summed E-state index contributed by atoms with van der Waals surface area (Å²) in [5.74, 6) is -2.01. The molecule has 1 aromatic rings. The molecule has 0 bridgehead atoms. The number of carboxylic acid groups (broad SMARTS) is 1. The summed E-state index contributed by atoms with van der Waals surface area (Å²) in [6.07, 6.45) is -2.88. The zero-order valence-corrected chi connectivity index (χ0v) is 6.17. The van der Waals surface area contributed by atoms with Crippen molar-refractivity contribution in [2.24, 2.45) is 0 Å². The second-order valence-electron chi connectivity index (χ2n) is 2.24. The maximum Gasteiger partial charge on any atom is 0.339 e. The second-order valence-corrected chi connectivity index (χ2v) is 2.24. The van der Waals surface area contributed by atoms with E-state index in [1.807, 2.05) is 0 Å². The van der Waals surface area contributed by atoms with Crippen molar-refractivity contribution in [2.75, 3.05) is 0 Å². The van der Waals surface area contributed by atoms with E-state index in [4.69, 9.17) is 5.11 Å². The molecule has 1 rings (SSSR count). The zero-order valence-electron chi connectivity index (χ0n) is 6.17. The highest BCUT2D eigenvalue weighted by atomic mass is 19.3. The number of aromatic carboxylic acids is 1. The van der Waals surface area contributed by atoms with Gasteiger partial charge in [-0.25, -0.2) is 13.6 Å². The van der Waals surface area contributed by atoms with Crippen LogP contribution in [-0.4, -0.2) is 11.1 Å². The third kappa shape index (κ3) is 1.44. The van der Waals surface area contributed by atoms with Crippen LogP contribution in [0.1, 0.15) is 28.3 Å². The Morgan fingerprint density at radius 2 is 2.25 bits per heavy atom. The van der Waals surface area contributed by atoms with Gasteiger partial charge in [0.25, 0.3) is 6.43 Å². The summed E-state index contributed by atoms with van der Waals surface area (Å²) in [5.41, 5.74) is -0.470. The van der Waals surface area contributed by atoms with Crippen LogP contribution in [0.15, 0.2) is 10.5 Å². The molecule has 0 saturated carbocycles. The Kier molecular flexibility index (Phi) is 2.12. The monoisotopic (exact) mass is 176 g/mol. The number of alkyl halides is 2. The molecular weight excluding hydrogens is 170 g/mol. The average molecular weight is 176 g/mol. The summed E-state index contributed by atoms with van der Waals surface area (Å²) in [7, 11) is 0. The van der Waals surface area contributed by atoms with E-state index in [2.05, 4.69) is 4.42 Å². The minimum atomic E-state index is -2.88. The number of hydrogen-bond acceptors (Lipinski definition) is 2. The van der Waals surface area contributed by atoms with E-state index in [-0.39, 0.29) is 5.76 Å². The molecule has 0 fully saturated rings. The molecular formula is C7H6F2O3. The number of halogens is 2. The van der Waals surface area contributed by atoms with Crippen LogP contribution in [0, 0.1) is 6.92 Å². The number of rotatable bonds is 2. The van der Waals surface area contributed by atoms with Crippen LogP contribution in [0.25, 0.3) is 0 Å². The number of aryl methyl sites for hydroxylation is 1. The van der Waals surface area contributed by atoms with Crippen molar-refractivity contribution < 1.29 is 23.1 Å². The van der Waals surface area contributed by atoms with Gasteiger partial charge in [-0.05, 0) is 13.0 Å². The second kappa shape index (κ2) is 2.92. The van der Waals surface area contributed by atoms with Crippen molar-refractivity contribution in [3.8, 4) is 0 Å². The van der Waals surface area contributed by atoms with Crippen molar-refractivity contribution in [2.45, 2.75) is 13.3 Å². The molecule has 0 atom stereocenters. The highest BCUT2D eigenvalue weighted by Gasteiger charge is 2.22. The van der Waals surface area contributed by atoms with Crippen molar-refractivity contribution in [3.63, 3.8) is 0 Å². The van der Waals surface area contributed by atoms with Crippen LogP contribution in [0.5, 0.6) is 0 Å². The van der Waals surface area contributed by atoms with Gasteiger partial charge in [0.15, 0.2) is 5.76 Å². The predicted molar refractivity (Wildman–Crippen MR) is 35.4 cm³/mol. The molecule has 0 aliphatic carbocycles. The normalized spacial score (nSPS) is 10.7. The van der Waals surface area contributed by atoms with Gasteiger partial charge in [-0.2, -0.15) is 0 Å². The molecule has 1 heterocycles. The Hall–Kier alpha value is -1.39. The van der Waals surface area contributed by atoms with Gasteiger partial charge in [-0.15, -0.1) is 0 Å². The minimum absolute atomic E-state index is 0.169. The van der Waals surface area contributed by atoms with Crippen LogP contribution in [0.4, 0.5) is 8.78 Å². The first-order valence-electron chi connectivity index (χ1n) is 3.14. The van der Waals surface area contributed by atoms with E-state index >= 15 is 0 Å². The van der Waals surface area contributed by atoms with Crippen LogP contribution >= 0.6 is 0 Å². The quantitative estimate of drug-likeness (QED) is 0.751. The number of carbonyl (C=O) groups is 1. The van der Waals surface area contributed by atoms with Gasteiger partial charge >= 0.3 is 5.97 Å². The molecule has 0 spiro atoms. The van der Waals surface area contributed by atoms with Crippen LogP contribution in [0.3, 0.4) is 0 Å². The van der Waals surface area contributed by atoms with Gasteiger partial charge in [-0.3, -0.25) is 0 Å². The van der Waals surface area contributed by atoms with Gasteiger partial charge in [0.05, 0.1) is 0 Å². The summed E-state index contributed by atoms with van der Waals surface area (Å²) in [4.78, 5) is 10.3. The Labute approximate surface area is 66.6 Å². The van der Waals surface area contributed by atoms with Gasteiger partial charge in [-0.1, -0.05) is 0 Å². The molecule has 66 valence electrons. The van der Waals surface area contributed by atoms with Crippen LogP contribution < -0.4 is 0 Å². The molecule has 0 aliphatic heterocycles. The molecule has 1 aromatic heterocycles. The largest absolute Gasteiger partial charge is 0.478 e. The van der Waals surface area contributed by atoms with E-state index in [0.717, 1.165) is 6.07 Å². The Morgan fingerprint density at radius 1 is 1.67 bits per heavy atom. The third-order valence-electron chi connectivity index (χ3n) is 1.31. The molecule has 3 nitrogen and oxygen atoms in total. The smallest absolute Gasteiger partial charge is 0.339 e. The molecule has 1 N–H and O–H groups in total. The van der Waals surface area contributed by atoms with E-state index in [0.29, 0.717) is 0 Å². The van der Waals surface area contributed by atoms with Crippen molar-refractivity contribution >= 4 is 5.97 Å². The highest BCUT2D eigenvalue weighted by Crippen LogP contribution is 2.25. The first kappa shape index (κ1) is 8.70. The molecule has 0 aliphatic rings. The standard InChI is InChI=1S/C7H6F2O3/c1-3-2-4(7(10)11)5(12-3)6(8)9/h2,6H,1H3,(H,10,11). The lowest BCUT2D eigenvalue weighted by Gasteiger charge is -1.94. The number of furan rings is 1. The summed E-state index contributed by atoms with van der Waals surface area (Å²) < 4.78 is 28.6. The molecule has 12 heavy (non-hydrogen) atoms. The van der Waals surface area contributed by atoms with E-state index in [1.54, 1.807) is 0 Å². The average Bonchev–Trinajstić information content (AvgIpc) is 2.31. The van der Waals surface area contributed by atoms with Gasteiger partial charge in [0.1, 0.15) is 11.3 Å².